The number of rotatable bonds is 3. The first kappa shape index (κ1) is 12.0. The Labute approximate surface area is 105 Å². The Morgan fingerprint density at radius 1 is 1.29 bits per heavy atom. The van der Waals surface area contributed by atoms with Crippen LogP contribution in [0.5, 0.6) is 0 Å². The van der Waals surface area contributed by atoms with Gasteiger partial charge in [-0.1, -0.05) is 29.8 Å². The van der Waals surface area contributed by atoms with Crippen LogP contribution < -0.4 is 0 Å². The van der Waals surface area contributed by atoms with Gasteiger partial charge in [-0.25, -0.2) is 9.97 Å². The zero-order valence-corrected chi connectivity index (χ0v) is 10.2. The van der Waals surface area contributed by atoms with E-state index in [0.29, 0.717) is 23.0 Å². The molecule has 0 aliphatic rings. The monoisotopic (exact) mass is 248 g/mol. The minimum absolute atomic E-state index is 0.454. The van der Waals surface area contributed by atoms with Gasteiger partial charge < -0.3 is 5.11 Å². The molecule has 0 fully saturated rings. The molecular weight excluding hydrogens is 236 g/mol. The summed E-state index contributed by atoms with van der Waals surface area (Å²) < 4.78 is 0. The van der Waals surface area contributed by atoms with Crippen LogP contribution in [0.25, 0.3) is 0 Å². The van der Waals surface area contributed by atoms with E-state index in [0.717, 1.165) is 5.56 Å². The second-order valence-corrected chi connectivity index (χ2v) is 4.25. The number of halogens is 1. The lowest BCUT2D eigenvalue weighted by Gasteiger charge is -2.11. The molecule has 0 aliphatic heterocycles. The quantitative estimate of drug-likeness (QED) is 0.909. The molecule has 1 N–H and O–H groups in total. The van der Waals surface area contributed by atoms with Gasteiger partial charge in [-0.15, -0.1) is 0 Å². The van der Waals surface area contributed by atoms with Crippen molar-refractivity contribution in [3.8, 4) is 0 Å². The topological polar surface area (TPSA) is 46.0 Å². The molecule has 17 heavy (non-hydrogen) atoms. The van der Waals surface area contributed by atoms with Gasteiger partial charge >= 0.3 is 0 Å². The van der Waals surface area contributed by atoms with E-state index in [1.807, 2.05) is 24.3 Å². The lowest BCUT2D eigenvalue weighted by atomic mass is 10.1. The number of benzene rings is 1. The van der Waals surface area contributed by atoms with Crippen molar-refractivity contribution in [1.82, 2.24) is 9.97 Å². The number of hydrogen-bond acceptors (Lipinski definition) is 3. The molecule has 4 heteroatoms. The first-order chi connectivity index (χ1) is 8.16. The maximum absolute atomic E-state index is 10.1. The van der Waals surface area contributed by atoms with Crippen molar-refractivity contribution in [2.24, 2.45) is 0 Å². The molecule has 88 valence electrons. The summed E-state index contributed by atoms with van der Waals surface area (Å²) in [5.41, 5.74) is 1.54. The maximum atomic E-state index is 10.1. The lowest BCUT2D eigenvalue weighted by Crippen LogP contribution is -2.06. The van der Waals surface area contributed by atoms with Gasteiger partial charge in [-0.05, 0) is 24.6 Å². The summed E-state index contributed by atoms with van der Waals surface area (Å²) in [7, 11) is 0. The van der Waals surface area contributed by atoms with Crippen LogP contribution in [0.4, 0.5) is 0 Å². The molecule has 2 rings (SSSR count). The average molecular weight is 249 g/mol. The minimum atomic E-state index is -0.656. The number of aryl methyl sites for hydroxylation is 1. The third-order valence-corrected chi connectivity index (χ3v) is 2.88. The number of hydrogen-bond donors (Lipinski definition) is 1. The average Bonchev–Trinajstić information content (AvgIpc) is 2.32. The largest absolute Gasteiger partial charge is 0.386 e. The van der Waals surface area contributed by atoms with E-state index in [1.54, 1.807) is 19.2 Å². The highest BCUT2D eigenvalue weighted by Gasteiger charge is 2.12. The first-order valence-corrected chi connectivity index (χ1v) is 5.75. The fourth-order valence-electron chi connectivity index (χ4n) is 1.64. The first-order valence-electron chi connectivity index (χ1n) is 5.38. The molecule has 1 heterocycles. The Morgan fingerprint density at radius 2 is 2.06 bits per heavy atom. The van der Waals surface area contributed by atoms with Crippen molar-refractivity contribution in [2.45, 2.75) is 19.4 Å². The molecule has 0 amide bonds. The fourth-order valence-corrected chi connectivity index (χ4v) is 1.85. The second-order valence-electron chi connectivity index (χ2n) is 3.84. The van der Waals surface area contributed by atoms with E-state index in [-0.39, 0.29) is 0 Å². The van der Waals surface area contributed by atoms with Crippen molar-refractivity contribution in [2.75, 3.05) is 0 Å². The highest BCUT2D eigenvalue weighted by Crippen LogP contribution is 2.22. The van der Waals surface area contributed by atoms with Gasteiger partial charge in [-0.3, -0.25) is 0 Å². The van der Waals surface area contributed by atoms with E-state index in [4.69, 9.17) is 11.6 Å². The van der Waals surface area contributed by atoms with Crippen LogP contribution in [-0.4, -0.2) is 15.1 Å². The van der Waals surface area contributed by atoms with Gasteiger partial charge in [0.15, 0.2) is 0 Å². The van der Waals surface area contributed by atoms with Crippen molar-refractivity contribution in [1.29, 1.82) is 0 Å². The highest BCUT2D eigenvalue weighted by atomic mass is 35.5. The Hall–Kier alpha value is -1.45. The highest BCUT2D eigenvalue weighted by molar-refractivity contribution is 6.31. The van der Waals surface area contributed by atoms with Gasteiger partial charge in [0.1, 0.15) is 11.9 Å². The number of aliphatic hydroxyl groups excluding tert-OH is 1. The third-order valence-electron chi connectivity index (χ3n) is 2.51. The molecule has 0 spiro atoms. The van der Waals surface area contributed by atoms with Crippen molar-refractivity contribution < 1.29 is 5.11 Å². The van der Waals surface area contributed by atoms with Crippen LogP contribution in [0, 0.1) is 6.92 Å². The Balaban J connectivity index is 2.17. The molecule has 3 nitrogen and oxygen atoms in total. The van der Waals surface area contributed by atoms with Crippen LogP contribution in [0.1, 0.15) is 23.2 Å². The summed E-state index contributed by atoms with van der Waals surface area (Å²) in [6.45, 7) is 1.80. The molecule has 1 aromatic heterocycles. The summed E-state index contributed by atoms with van der Waals surface area (Å²) in [5.74, 6) is 0.653. The number of nitrogens with zero attached hydrogens (tertiary/aromatic N) is 2. The summed E-state index contributed by atoms with van der Waals surface area (Å²) in [6, 6.07) is 9.20. The van der Waals surface area contributed by atoms with Crippen LogP contribution in [0.15, 0.2) is 36.5 Å². The Morgan fingerprint density at radius 3 is 2.76 bits per heavy atom. The van der Waals surface area contributed by atoms with Gasteiger partial charge in [-0.2, -0.15) is 0 Å². The molecule has 1 atom stereocenters. The van der Waals surface area contributed by atoms with Crippen molar-refractivity contribution in [3.05, 3.63) is 58.6 Å². The molecular formula is C13H13ClN2O. The molecule has 0 saturated heterocycles. The van der Waals surface area contributed by atoms with E-state index >= 15 is 0 Å². The van der Waals surface area contributed by atoms with Gasteiger partial charge in [0, 0.05) is 17.6 Å². The van der Waals surface area contributed by atoms with Gasteiger partial charge in [0.2, 0.25) is 0 Å². The lowest BCUT2D eigenvalue weighted by molar-refractivity contribution is 0.173. The van der Waals surface area contributed by atoms with Crippen LogP contribution >= 0.6 is 11.6 Å². The maximum Gasteiger partial charge on any atom is 0.125 e. The Bertz CT molecular complexity index is 516. The zero-order valence-electron chi connectivity index (χ0n) is 9.47. The van der Waals surface area contributed by atoms with Crippen LogP contribution in [0.2, 0.25) is 5.02 Å². The Kier molecular flexibility index (Phi) is 3.71. The SMILES string of the molecule is Cc1nccc(C(O)Cc2ccccc2Cl)n1. The summed E-state index contributed by atoms with van der Waals surface area (Å²) in [5, 5.41) is 10.7. The van der Waals surface area contributed by atoms with E-state index < -0.39 is 6.10 Å². The standard InChI is InChI=1S/C13H13ClN2O/c1-9-15-7-6-12(16-9)13(17)8-10-4-2-3-5-11(10)14/h2-7,13,17H,8H2,1H3. The van der Waals surface area contributed by atoms with Crippen LogP contribution in [-0.2, 0) is 6.42 Å². The van der Waals surface area contributed by atoms with Crippen molar-refractivity contribution in [3.63, 3.8) is 0 Å². The number of aliphatic hydroxyl groups is 1. The smallest absolute Gasteiger partial charge is 0.125 e. The summed E-state index contributed by atoms with van der Waals surface area (Å²) in [6.07, 6.45) is 1.44. The van der Waals surface area contributed by atoms with E-state index in [9.17, 15) is 5.11 Å². The molecule has 1 aromatic carbocycles. The molecule has 0 saturated carbocycles. The predicted molar refractivity (Wildman–Crippen MR) is 66.9 cm³/mol. The molecule has 0 radical (unpaired) electrons. The molecule has 0 bridgehead atoms. The van der Waals surface area contributed by atoms with Gasteiger partial charge in [0.05, 0.1) is 5.69 Å². The van der Waals surface area contributed by atoms with E-state index in [1.165, 1.54) is 0 Å². The molecule has 2 aromatic rings. The minimum Gasteiger partial charge on any atom is -0.386 e. The summed E-state index contributed by atoms with van der Waals surface area (Å²) >= 11 is 6.04. The third kappa shape index (κ3) is 3.02. The predicted octanol–water partition coefficient (Wildman–Crippen LogP) is 2.71. The van der Waals surface area contributed by atoms with Crippen molar-refractivity contribution >= 4 is 11.6 Å². The zero-order chi connectivity index (χ0) is 12.3. The molecule has 1 unspecified atom stereocenters. The molecule has 0 aliphatic carbocycles. The van der Waals surface area contributed by atoms with Gasteiger partial charge in [0.25, 0.3) is 0 Å². The summed E-state index contributed by atoms with van der Waals surface area (Å²) in [4.78, 5) is 8.19. The van der Waals surface area contributed by atoms with Crippen LogP contribution in [0.3, 0.4) is 0 Å². The van der Waals surface area contributed by atoms with E-state index in [2.05, 4.69) is 9.97 Å². The fraction of sp³-hybridized carbons (Fsp3) is 0.231. The normalized spacial score (nSPS) is 12.4. The second kappa shape index (κ2) is 5.25. The number of aromatic nitrogens is 2.